The summed E-state index contributed by atoms with van der Waals surface area (Å²) in [4.78, 5) is 14.2. The van der Waals surface area contributed by atoms with E-state index in [0.29, 0.717) is 23.0 Å². The van der Waals surface area contributed by atoms with E-state index in [1.807, 2.05) is 13.0 Å². The van der Waals surface area contributed by atoms with Crippen molar-refractivity contribution in [2.24, 2.45) is 11.1 Å². The van der Waals surface area contributed by atoms with Crippen molar-refractivity contribution in [1.29, 1.82) is 0 Å². The van der Waals surface area contributed by atoms with Gasteiger partial charge in [0.2, 0.25) is 10.0 Å². The summed E-state index contributed by atoms with van der Waals surface area (Å²) in [5, 5.41) is 5.59. The molecule has 0 atom stereocenters. The molecule has 2 N–H and O–H groups in total. The van der Waals surface area contributed by atoms with Crippen LogP contribution in [0, 0.1) is 12.8 Å². The number of nitrogens with zero attached hydrogens (tertiary/aromatic N) is 2. The molecular weight excluding hydrogens is 438 g/mol. The van der Waals surface area contributed by atoms with E-state index in [2.05, 4.69) is 31.4 Å². The second kappa shape index (κ2) is 8.47. The lowest BCUT2D eigenvalue weighted by atomic mass is 9.84. The first kappa shape index (κ1) is 23.8. The van der Waals surface area contributed by atoms with Gasteiger partial charge < -0.3 is 14.2 Å². The molecule has 1 aliphatic heterocycles. The van der Waals surface area contributed by atoms with Crippen LogP contribution in [0.1, 0.15) is 64.1 Å². The molecule has 1 aromatic heterocycles. The largest absolute Gasteiger partial charge is 0.481 e. The highest BCUT2D eigenvalue weighted by atomic mass is 32.2. The van der Waals surface area contributed by atoms with Crippen LogP contribution < -0.4 is 14.8 Å². The highest BCUT2D eigenvalue weighted by molar-refractivity contribution is 7.89. The van der Waals surface area contributed by atoms with Crippen LogP contribution >= 0.6 is 0 Å². The standard InChI is InChI=1S/C25H35N3O4S/c1-16-22(33(26,30)31)13-20(28(16)14-17-9-7-6-8-10-17)18-11-19(25(2,3)4)24-21(12-18)27(5)23(29)15-32-24/h11-13,17H,6-10,14-15H2,1-5H3,(H2,26,30,31). The van der Waals surface area contributed by atoms with Gasteiger partial charge in [0.1, 0.15) is 10.6 Å². The number of sulfonamides is 1. The summed E-state index contributed by atoms with van der Waals surface area (Å²) in [6, 6.07) is 5.69. The number of nitrogens with two attached hydrogens (primary N) is 1. The van der Waals surface area contributed by atoms with Gasteiger partial charge in [0.15, 0.2) is 6.61 Å². The molecule has 0 radical (unpaired) electrons. The predicted octanol–water partition coefficient (Wildman–Crippen LogP) is 4.34. The fraction of sp³-hybridized carbons (Fsp3) is 0.560. The molecule has 1 fully saturated rings. The molecule has 2 aliphatic rings. The van der Waals surface area contributed by atoms with Crippen molar-refractivity contribution in [1.82, 2.24) is 4.57 Å². The van der Waals surface area contributed by atoms with E-state index in [1.54, 1.807) is 18.0 Å². The monoisotopic (exact) mass is 473 g/mol. The number of carbonyl (C=O) groups is 1. The van der Waals surface area contributed by atoms with Crippen molar-refractivity contribution in [3.63, 3.8) is 0 Å². The van der Waals surface area contributed by atoms with Crippen molar-refractivity contribution >= 4 is 21.6 Å². The number of ether oxygens (including phenoxy) is 1. The zero-order chi connectivity index (χ0) is 24.1. The highest BCUT2D eigenvalue weighted by Crippen LogP contribution is 2.44. The zero-order valence-corrected chi connectivity index (χ0v) is 21.1. The first-order valence-electron chi connectivity index (χ1n) is 11.7. The lowest BCUT2D eigenvalue weighted by molar-refractivity contribution is -0.121. The fourth-order valence-electron chi connectivity index (χ4n) is 5.10. The Morgan fingerprint density at radius 2 is 1.79 bits per heavy atom. The molecule has 1 saturated carbocycles. The summed E-state index contributed by atoms with van der Waals surface area (Å²) in [5.41, 5.74) is 3.77. The van der Waals surface area contributed by atoms with Crippen molar-refractivity contribution in [3.05, 3.63) is 29.5 Å². The van der Waals surface area contributed by atoms with E-state index in [0.717, 1.165) is 36.2 Å². The maximum atomic E-state index is 12.4. The molecular formula is C25H35N3O4S. The number of benzene rings is 1. The third-order valence-corrected chi connectivity index (χ3v) is 8.07. The molecule has 1 aromatic carbocycles. The number of fused-ring (bicyclic) bond motifs is 1. The van der Waals surface area contributed by atoms with Gasteiger partial charge in [-0.3, -0.25) is 4.79 Å². The normalized spacial score (nSPS) is 17.8. The van der Waals surface area contributed by atoms with Gasteiger partial charge in [-0.15, -0.1) is 0 Å². The van der Waals surface area contributed by atoms with E-state index >= 15 is 0 Å². The molecule has 2 aromatic rings. The Balaban J connectivity index is 1.93. The number of carbonyl (C=O) groups excluding carboxylic acids is 1. The van der Waals surface area contributed by atoms with Gasteiger partial charge in [0.25, 0.3) is 5.91 Å². The minimum absolute atomic E-state index is 0.0126. The Hall–Kier alpha value is -2.32. The molecule has 0 unspecified atom stereocenters. The summed E-state index contributed by atoms with van der Waals surface area (Å²) in [6.07, 6.45) is 5.96. The molecule has 8 heteroatoms. The number of aromatic nitrogens is 1. The Morgan fingerprint density at radius 1 is 1.12 bits per heavy atom. The minimum Gasteiger partial charge on any atom is -0.481 e. The van der Waals surface area contributed by atoms with Crippen LogP contribution in [0.5, 0.6) is 5.75 Å². The summed E-state index contributed by atoms with van der Waals surface area (Å²) in [7, 11) is -2.12. The predicted molar refractivity (Wildman–Crippen MR) is 130 cm³/mol. The summed E-state index contributed by atoms with van der Waals surface area (Å²) < 4.78 is 32.8. The van der Waals surface area contributed by atoms with Gasteiger partial charge in [-0.1, -0.05) is 40.0 Å². The average molecular weight is 474 g/mol. The number of rotatable bonds is 4. The SMILES string of the molecule is Cc1c(S(N)(=O)=O)cc(-c2cc3c(c(C(C)(C)C)c2)OCC(=O)N3C)n1CC1CCCCC1. The van der Waals surface area contributed by atoms with E-state index in [4.69, 9.17) is 9.88 Å². The van der Waals surface area contributed by atoms with Crippen molar-refractivity contribution in [3.8, 4) is 17.0 Å². The van der Waals surface area contributed by atoms with Crippen molar-refractivity contribution in [2.75, 3.05) is 18.6 Å². The molecule has 0 saturated heterocycles. The molecule has 180 valence electrons. The van der Waals surface area contributed by atoms with Crippen LogP contribution in [-0.2, 0) is 26.8 Å². The van der Waals surface area contributed by atoms with Crippen LogP contribution in [0.15, 0.2) is 23.1 Å². The Bertz CT molecular complexity index is 1190. The van der Waals surface area contributed by atoms with Crippen LogP contribution in [0.2, 0.25) is 0 Å². The quantitative estimate of drug-likeness (QED) is 0.714. The number of anilines is 1. The Labute approximate surface area is 197 Å². The van der Waals surface area contributed by atoms with E-state index in [9.17, 15) is 13.2 Å². The molecule has 7 nitrogen and oxygen atoms in total. The van der Waals surface area contributed by atoms with Gasteiger partial charge in [0, 0.05) is 36.1 Å². The van der Waals surface area contributed by atoms with Gasteiger partial charge in [-0.05, 0) is 49.3 Å². The third kappa shape index (κ3) is 4.55. The lowest BCUT2D eigenvalue weighted by Crippen LogP contribution is -2.36. The first-order chi connectivity index (χ1) is 15.4. The molecule has 4 rings (SSSR count). The zero-order valence-electron chi connectivity index (χ0n) is 20.3. The Morgan fingerprint density at radius 3 is 2.39 bits per heavy atom. The van der Waals surface area contributed by atoms with Gasteiger partial charge >= 0.3 is 0 Å². The van der Waals surface area contributed by atoms with Crippen LogP contribution in [0.3, 0.4) is 0 Å². The Kier molecular flexibility index (Phi) is 6.12. The maximum absolute atomic E-state index is 12.4. The fourth-order valence-corrected chi connectivity index (χ4v) is 5.89. The van der Waals surface area contributed by atoms with Crippen LogP contribution in [-0.4, -0.2) is 32.5 Å². The summed E-state index contributed by atoms with van der Waals surface area (Å²) >= 11 is 0. The van der Waals surface area contributed by atoms with Crippen molar-refractivity contribution < 1.29 is 17.9 Å². The number of primary sulfonamides is 1. The summed E-state index contributed by atoms with van der Waals surface area (Å²) in [6.45, 7) is 8.91. The van der Waals surface area contributed by atoms with E-state index in [-0.39, 0.29) is 22.8 Å². The summed E-state index contributed by atoms with van der Waals surface area (Å²) in [5.74, 6) is 1.10. The molecule has 1 amide bonds. The van der Waals surface area contributed by atoms with Crippen LogP contribution in [0.4, 0.5) is 5.69 Å². The van der Waals surface area contributed by atoms with Gasteiger partial charge in [-0.25, -0.2) is 13.6 Å². The second-order valence-electron chi connectivity index (χ2n) is 10.5. The van der Waals surface area contributed by atoms with E-state index in [1.165, 1.54) is 19.3 Å². The number of hydrogen-bond acceptors (Lipinski definition) is 4. The molecule has 33 heavy (non-hydrogen) atoms. The second-order valence-corrected chi connectivity index (χ2v) is 12.0. The average Bonchev–Trinajstić information content (AvgIpc) is 3.07. The first-order valence-corrected chi connectivity index (χ1v) is 13.2. The van der Waals surface area contributed by atoms with Gasteiger partial charge in [0.05, 0.1) is 5.69 Å². The number of amides is 1. The molecule has 0 bridgehead atoms. The van der Waals surface area contributed by atoms with Crippen LogP contribution in [0.25, 0.3) is 11.3 Å². The van der Waals surface area contributed by atoms with Gasteiger partial charge in [-0.2, -0.15) is 0 Å². The number of likely N-dealkylation sites (N-methyl/N-ethyl adjacent to an activating group) is 1. The third-order valence-electron chi connectivity index (χ3n) is 7.04. The topological polar surface area (TPSA) is 94.6 Å². The minimum atomic E-state index is -3.87. The molecule has 2 heterocycles. The molecule has 0 spiro atoms. The maximum Gasteiger partial charge on any atom is 0.264 e. The van der Waals surface area contributed by atoms with E-state index < -0.39 is 10.0 Å². The number of hydrogen-bond donors (Lipinski definition) is 1. The molecule has 1 aliphatic carbocycles. The van der Waals surface area contributed by atoms with Crippen molar-refractivity contribution in [2.45, 2.75) is 76.7 Å². The highest BCUT2D eigenvalue weighted by Gasteiger charge is 2.31. The smallest absolute Gasteiger partial charge is 0.264 e. The lowest BCUT2D eigenvalue weighted by Gasteiger charge is -2.32.